The number of thioether (sulfide) groups is 1. The highest BCUT2D eigenvalue weighted by molar-refractivity contribution is 7.99. The molecule has 1 atom stereocenters. The van der Waals surface area contributed by atoms with Crippen molar-refractivity contribution >= 4 is 30.1 Å². The van der Waals surface area contributed by atoms with E-state index in [1.54, 1.807) is 0 Å². The normalized spacial score (nSPS) is 23.4. The summed E-state index contributed by atoms with van der Waals surface area (Å²) in [5, 5.41) is 3.48. The van der Waals surface area contributed by atoms with E-state index in [0.717, 1.165) is 37.7 Å². The molecule has 3 nitrogen and oxygen atoms in total. The molecule has 2 aliphatic rings. The number of carbonyl (C=O) groups is 1. The Labute approximate surface area is 140 Å². The van der Waals surface area contributed by atoms with E-state index in [2.05, 4.69) is 17.1 Å². The van der Waals surface area contributed by atoms with Crippen LogP contribution in [0, 0.1) is 5.92 Å². The first-order chi connectivity index (χ1) is 9.79. The van der Waals surface area contributed by atoms with Crippen LogP contribution < -0.4 is 5.32 Å². The fourth-order valence-corrected chi connectivity index (χ4v) is 4.31. The van der Waals surface area contributed by atoms with Crippen LogP contribution in [0.15, 0.2) is 0 Å². The SMILES string of the molecule is CCCN(CC1CCCCC1)C(=O)CC1CSCCN1.Cl. The third-order valence-corrected chi connectivity index (χ3v) is 5.60. The standard InChI is InChI=1S/C16H30N2OS.ClH/c1-2-9-18(12-14-6-4-3-5-7-14)16(19)11-15-13-20-10-8-17-15;/h14-15,17H,2-13H2,1H3;1H. The Morgan fingerprint density at radius 3 is 2.67 bits per heavy atom. The molecule has 0 radical (unpaired) electrons. The van der Waals surface area contributed by atoms with Gasteiger partial charge in [0.05, 0.1) is 0 Å². The average molecular weight is 335 g/mol. The van der Waals surface area contributed by atoms with Gasteiger partial charge in [-0.3, -0.25) is 4.79 Å². The Hall–Kier alpha value is 0.0700. The van der Waals surface area contributed by atoms with E-state index in [1.807, 2.05) is 11.8 Å². The van der Waals surface area contributed by atoms with Crippen molar-refractivity contribution in [3.8, 4) is 0 Å². The van der Waals surface area contributed by atoms with Crippen LogP contribution in [0.1, 0.15) is 51.9 Å². The van der Waals surface area contributed by atoms with E-state index in [-0.39, 0.29) is 12.4 Å². The van der Waals surface area contributed by atoms with Crippen molar-refractivity contribution in [3.63, 3.8) is 0 Å². The van der Waals surface area contributed by atoms with Crippen LogP contribution in [0.3, 0.4) is 0 Å². The zero-order valence-electron chi connectivity index (χ0n) is 13.3. The molecule has 0 aromatic rings. The molecule has 1 unspecified atom stereocenters. The van der Waals surface area contributed by atoms with Crippen molar-refractivity contribution in [2.75, 3.05) is 31.1 Å². The molecule has 1 heterocycles. The highest BCUT2D eigenvalue weighted by Gasteiger charge is 2.23. The molecule has 1 aliphatic heterocycles. The molecule has 2 fully saturated rings. The van der Waals surface area contributed by atoms with Crippen LogP contribution in [0.2, 0.25) is 0 Å². The van der Waals surface area contributed by atoms with Crippen molar-refractivity contribution in [2.24, 2.45) is 5.92 Å². The summed E-state index contributed by atoms with van der Waals surface area (Å²) in [6.07, 6.45) is 8.53. The van der Waals surface area contributed by atoms with Crippen molar-refractivity contribution < 1.29 is 4.79 Å². The highest BCUT2D eigenvalue weighted by Crippen LogP contribution is 2.25. The third-order valence-electron chi connectivity index (χ3n) is 4.47. The molecule has 1 saturated carbocycles. The predicted molar refractivity (Wildman–Crippen MR) is 94.4 cm³/mol. The van der Waals surface area contributed by atoms with Gasteiger partial charge in [-0.05, 0) is 25.2 Å². The van der Waals surface area contributed by atoms with Gasteiger partial charge in [0.15, 0.2) is 0 Å². The van der Waals surface area contributed by atoms with Gasteiger partial charge in [-0.15, -0.1) is 12.4 Å². The topological polar surface area (TPSA) is 32.3 Å². The molecule has 1 N–H and O–H groups in total. The number of carbonyl (C=O) groups excluding carboxylic acids is 1. The summed E-state index contributed by atoms with van der Waals surface area (Å²) in [4.78, 5) is 14.7. The van der Waals surface area contributed by atoms with Gasteiger partial charge in [0, 0.05) is 43.6 Å². The molecule has 21 heavy (non-hydrogen) atoms. The fourth-order valence-electron chi connectivity index (χ4n) is 3.36. The number of hydrogen-bond donors (Lipinski definition) is 1. The van der Waals surface area contributed by atoms with Gasteiger partial charge in [-0.1, -0.05) is 26.2 Å². The average Bonchev–Trinajstić information content (AvgIpc) is 2.49. The summed E-state index contributed by atoms with van der Waals surface area (Å²) in [7, 11) is 0. The Balaban J connectivity index is 0.00000220. The maximum Gasteiger partial charge on any atom is 0.224 e. The zero-order valence-corrected chi connectivity index (χ0v) is 14.9. The smallest absolute Gasteiger partial charge is 0.224 e. The van der Waals surface area contributed by atoms with Crippen LogP contribution in [-0.2, 0) is 4.79 Å². The van der Waals surface area contributed by atoms with Crippen molar-refractivity contribution in [2.45, 2.75) is 57.9 Å². The molecular formula is C16H31ClN2OS. The number of hydrogen-bond acceptors (Lipinski definition) is 3. The van der Waals surface area contributed by atoms with Crippen molar-refractivity contribution in [1.29, 1.82) is 0 Å². The minimum absolute atomic E-state index is 0. The fraction of sp³-hybridized carbons (Fsp3) is 0.938. The van der Waals surface area contributed by atoms with Crippen LogP contribution in [-0.4, -0.2) is 48.0 Å². The monoisotopic (exact) mass is 334 g/mol. The van der Waals surface area contributed by atoms with Gasteiger partial charge in [0.25, 0.3) is 0 Å². The lowest BCUT2D eigenvalue weighted by molar-refractivity contribution is -0.132. The zero-order chi connectivity index (χ0) is 14.2. The number of amides is 1. The second-order valence-corrected chi connectivity index (χ2v) is 7.42. The Morgan fingerprint density at radius 2 is 2.05 bits per heavy atom. The molecule has 0 spiro atoms. The van der Waals surface area contributed by atoms with Gasteiger partial charge in [0.1, 0.15) is 0 Å². The van der Waals surface area contributed by atoms with E-state index in [9.17, 15) is 4.79 Å². The van der Waals surface area contributed by atoms with Crippen LogP contribution in [0.25, 0.3) is 0 Å². The van der Waals surface area contributed by atoms with Gasteiger partial charge in [0.2, 0.25) is 5.91 Å². The maximum absolute atomic E-state index is 12.6. The lowest BCUT2D eigenvalue weighted by Crippen LogP contribution is -2.44. The molecule has 0 aromatic heterocycles. The molecule has 1 aliphatic carbocycles. The van der Waals surface area contributed by atoms with Gasteiger partial charge < -0.3 is 10.2 Å². The van der Waals surface area contributed by atoms with Crippen LogP contribution >= 0.6 is 24.2 Å². The van der Waals surface area contributed by atoms with E-state index in [4.69, 9.17) is 0 Å². The lowest BCUT2D eigenvalue weighted by atomic mass is 9.89. The molecule has 2 rings (SSSR count). The first-order valence-corrected chi connectivity index (χ1v) is 9.54. The number of rotatable bonds is 6. The Bertz CT molecular complexity index is 292. The predicted octanol–water partition coefficient (Wildman–Crippen LogP) is 3.32. The van der Waals surface area contributed by atoms with Crippen LogP contribution in [0.4, 0.5) is 0 Å². The maximum atomic E-state index is 12.6. The third kappa shape index (κ3) is 6.79. The molecular weight excluding hydrogens is 304 g/mol. The summed E-state index contributed by atoms with van der Waals surface area (Å²) in [6, 6.07) is 0.395. The Kier molecular flexibility index (Phi) is 9.78. The molecule has 1 saturated heterocycles. The second-order valence-electron chi connectivity index (χ2n) is 6.27. The molecule has 124 valence electrons. The first kappa shape index (κ1) is 19.1. The molecule has 0 aromatic carbocycles. The quantitative estimate of drug-likeness (QED) is 0.808. The van der Waals surface area contributed by atoms with Crippen molar-refractivity contribution in [3.05, 3.63) is 0 Å². The van der Waals surface area contributed by atoms with Crippen LogP contribution in [0.5, 0.6) is 0 Å². The summed E-state index contributed by atoms with van der Waals surface area (Å²) >= 11 is 1.97. The summed E-state index contributed by atoms with van der Waals surface area (Å²) in [5.74, 6) is 3.41. The highest BCUT2D eigenvalue weighted by atomic mass is 35.5. The molecule has 5 heteroatoms. The minimum atomic E-state index is 0. The van der Waals surface area contributed by atoms with Crippen molar-refractivity contribution in [1.82, 2.24) is 10.2 Å². The van der Waals surface area contributed by atoms with Gasteiger partial charge in [-0.25, -0.2) is 0 Å². The minimum Gasteiger partial charge on any atom is -0.342 e. The number of halogens is 1. The summed E-state index contributed by atoms with van der Waals surface area (Å²) in [6.45, 7) is 5.18. The van der Waals surface area contributed by atoms with E-state index < -0.39 is 0 Å². The van der Waals surface area contributed by atoms with E-state index >= 15 is 0 Å². The van der Waals surface area contributed by atoms with E-state index in [1.165, 1.54) is 37.9 Å². The first-order valence-electron chi connectivity index (χ1n) is 8.38. The largest absolute Gasteiger partial charge is 0.342 e. The number of nitrogens with zero attached hydrogens (tertiary/aromatic N) is 1. The lowest BCUT2D eigenvalue weighted by Gasteiger charge is -2.31. The molecule has 0 bridgehead atoms. The summed E-state index contributed by atoms with van der Waals surface area (Å²) < 4.78 is 0. The second kappa shape index (κ2) is 10.7. The van der Waals surface area contributed by atoms with Gasteiger partial charge >= 0.3 is 0 Å². The molecule has 1 amide bonds. The van der Waals surface area contributed by atoms with E-state index in [0.29, 0.717) is 18.4 Å². The summed E-state index contributed by atoms with van der Waals surface area (Å²) in [5.41, 5.74) is 0. The van der Waals surface area contributed by atoms with Gasteiger partial charge in [-0.2, -0.15) is 11.8 Å². The number of nitrogens with one attached hydrogen (secondary N) is 1. The Morgan fingerprint density at radius 1 is 1.29 bits per heavy atom.